The van der Waals surface area contributed by atoms with E-state index in [1.54, 1.807) is 18.0 Å². The van der Waals surface area contributed by atoms with Crippen molar-refractivity contribution in [3.8, 4) is 6.07 Å². The summed E-state index contributed by atoms with van der Waals surface area (Å²) < 4.78 is 0. The maximum atomic E-state index is 12.6. The van der Waals surface area contributed by atoms with Gasteiger partial charge in [-0.1, -0.05) is 42.1 Å². The molecule has 6 heteroatoms. The highest BCUT2D eigenvalue weighted by atomic mass is 32.2. The number of rotatable bonds is 5. The Kier molecular flexibility index (Phi) is 6.31. The van der Waals surface area contributed by atoms with Crippen molar-refractivity contribution < 1.29 is 4.79 Å². The van der Waals surface area contributed by atoms with Crippen molar-refractivity contribution in [2.24, 2.45) is 0 Å². The second-order valence-corrected chi connectivity index (χ2v) is 6.92. The molecule has 0 unspecified atom stereocenters. The highest BCUT2D eigenvalue weighted by molar-refractivity contribution is 7.99. The molecule has 3 rings (SSSR count). The van der Waals surface area contributed by atoms with E-state index >= 15 is 0 Å². The SMILES string of the molecule is N#C/C(=C/N1CCNCC1)C(=O)Nc1ccccc1Sc1ccccc1. The minimum Gasteiger partial charge on any atom is -0.374 e. The van der Waals surface area contributed by atoms with E-state index in [1.807, 2.05) is 65.6 Å². The summed E-state index contributed by atoms with van der Waals surface area (Å²) >= 11 is 1.58. The van der Waals surface area contributed by atoms with Gasteiger partial charge in [0.15, 0.2) is 0 Å². The summed E-state index contributed by atoms with van der Waals surface area (Å²) in [4.78, 5) is 16.6. The van der Waals surface area contributed by atoms with Gasteiger partial charge in [0.2, 0.25) is 0 Å². The average Bonchev–Trinajstić information content (AvgIpc) is 2.69. The Labute approximate surface area is 157 Å². The normalized spacial score (nSPS) is 14.6. The molecule has 26 heavy (non-hydrogen) atoms. The molecule has 1 amide bonds. The third-order valence-corrected chi connectivity index (χ3v) is 5.02. The van der Waals surface area contributed by atoms with E-state index in [4.69, 9.17) is 0 Å². The Morgan fingerprint density at radius 3 is 2.54 bits per heavy atom. The van der Waals surface area contributed by atoms with E-state index in [9.17, 15) is 10.1 Å². The molecule has 0 saturated carbocycles. The van der Waals surface area contributed by atoms with Gasteiger partial charge in [-0.2, -0.15) is 5.26 Å². The van der Waals surface area contributed by atoms with Crippen LogP contribution in [0.2, 0.25) is 0 Å². The first kappa shape index (κ1) is 18.1. The van der Waals surface area contributed by atoms with Gasteiger partial charge in [0.25, 0.3) is 5.91 Å². The predicted molar refractivity (Wildman–Crippen MR) is 104 cm³/mol. The van der Waals surface area contributed by atoms with Gasteiger partial charge in [-0.05, 0) is 24.3 Å². The van der Waals surface area contributed by atoms with E-state index < -0.39 is 0 Å². The van der Waals surface area contributed by atoms with Crippen LogP contribution in [0.5, 0.6) is 0 Å². The summed E-state index contributed by atoms with van der Waals surface area (Å²) in [6.07, 6.45) is 1.66. The molecular formula is C20H20N4OS. The topological polar surface area (TPSA) is 68.2 Å². The van der Waals surface area contributed by atoms with Gasteiger partial charge < -0.3 is 15.5 Å². The zero-order valence-electron chi connectivity index (χ0n) is 14.3. The van der Waals surface area contributed by atoms with Gasteiger partial charge in [-0.25, -0.2) is 0 Å². The minimum atomic E-state index is -0.382. The number of nitrogens with zero attached hydrogens (tertiary/aromatic N) is 2. The highest BCUT2D eigenvalue weighted by Crippen LogP contribution is 2.33. The Balaban J connectivity index is 1.74. The fourth-order valence-electron chi connectivity index (χ4n) is 2.60. The van der Waals surface area contributed by atoms with E-state index in [0.29, 0.717) is 5.69 Å². The second-order valence-electron chi connectivity index (χ2n) is 5.81. The van der Waals surface area contributed by atoms with Crippen molar-refractivity contribution in [1.82, 2.24) is 10.2 Å². The molecule has 1 heterocycles. The largest absolute Gasteiger partial charge is 0.374 e. The minimum absolute atomic E-state index is 0.117. The van der Waals surface area contributed by atoms with Gasteiger partial charge in [0.1, 0.15) is 11.6 Å². The molecule has 0 aliphatic carbocycles. The fourth-order valence-corrected chi connectivity index (χ4v) is 3.52. The number of carbonyl (C=O) groups excluding carboxylic acids is 1. The van der Waals surface area contributed by atoms with Crippen LogP contribution < -0.4 is 10.6 Å². The van der Waals surface area contributed by atoms with Crippen LogP contribution >= 0.6 is 11.8 Å². The molecule has 1 saturated heterocycles. The van der Waals surface area contributed by atoms with E-state index in [0.717, 1.165) is 36.0 Å². The van der Waals surface area contributed by atoms with E-state index in [2.05, 4.69) is 10.6 Å². The monoisotopic (exact) mass is 364 g/mol. The molecule has 1 aliphatic rings. The summed E-state index contributed by atoms with van der Waals surface area (Å²) in [7, 11) is 0. The van der Waals surface area contributed by atoms with Crippen LogP contribution in [-0.2, 0) is 4.79 Å². The molecule has 0 spiro atoms. The molecule has 1 aliphatic heterocycles. The lowest BCUT2D eigenvalue weighted by Gasteiger charge is -2.26. The van der Waals surface area contributed by atoms with Crippen molar-refractivity contribution in [1.29, 1.82) is 5.26 Å². The fraction of sp³-hybridized carbons (Fsp3) is 0.200. The van der Waals surface area contributed by atoms with Crippen molar-refractivity contribution in [2.45, 2.75) is 9.79 Å². The Morgan fingerprint density at radius 1 is 1.12 bits per heavy atom. The van der Waals surface area contributed by atoms with Crippen molar-refractivity contribution >= 4 is 23.4 Å². The van der Waals surface area contributed by atoms with Crippen LogP contribution in [-0.4, -0.2) is 37.0 Å². The van der Waals surface area contributed by atoms with Crippen molar-refractivity contribution in [3.05, 3.63) is 66.4 Å². The Bertz CT molecular complexity index is 823. The predicted octanol–water partition coefficient (Wildman–Crippen LogP) is 3.09. The lowest BCUT2D eigenvalue weighted by molar-refractivity contribution is -0.112. The van der Waals surface area contributed by atoms with Crippen molar-refractivity contribution in [2.75, 3.05) is 31.5 Å². The first-order valence-electron chi connectivity index (χ1n) is 8.46. The van der Waals surface area contributed by atoms with Gasteiger partial charge in [-0.3, -0.25) is 4.79 Å². The second kappa shape index (κ2) is 9.09. The van der Waals surface area contributed by atoms with Crippen LogP contribution in [0.1, 0.15) is 0 Å². The summed E-state index contributed by atoms with van der Waals surface area (Å²) in [6, 6.07) is 19.6. The quantitative estimate of drug-likeness (QED) is 0.630. The zero-order chi connectivity index (χ0) is 18.2. The molecule has 2 aromatic carbocycles. The summed E-state index contributed by atoms with van der Waals surface area (Å²) in [5.41, 5.74) is 0.819. The van der Waals surface area contributed by atoms with Crippen LogP contribution in [0.15, 0.2) is 76.2 Å². The molecule has 2 N–H and O–H groups in total. The number of nitriles is 1. The number of carbonyl (C=O) groups is 1. The lowest BCUT2D eigenvalue weighted by atomic mass is 10.2. The molecule has 0 atom stereocenters. The molecular weight excluding hydrogens is 344 g/mol. The lowest BCUT2D eigenvalue weighted by Crippen LogP contribution is -2.41. The van der Waals surface area contributed by atoms with Gasteiger partial charge >= 0.3 is 0 Å². The highest BCUT2D eigenvalue weighted by Gasteiger charge is 2.15. The molecule has 5 nitrogen and oxygen atoms in total. The van der Waals surface area contributed by atoms with Crippen LogP contribution in [0.25, 0.3) is 0 Å². The number of piperazine rings is 1. The molecule has 132 valence electrons. The smallest absolute Gasteiger partial charge is 0.267 e. The van der Waals surface area contributed by atoms with Crippen LogP contribution in [0.3, 0.4) is 0 Å². The number of hydrogen-bond donors (Lipinski definition) is 2. The van der Waals surface area contributed by atoms with E-state index in [-0.39, 0.29) is 11.5 Å². The number of anilines is 1. The first-order chi connectivity index (χ1) is 12.8. The van der Waals surface area contributed by atoms with Crippen molar-refractivity contribution in [3.63, 3.8) is 0 Å². The molecule has 2 aromatic rings. The zero-order valence-corrected chi connectivity index (χ0v) is 15.1. The molecule has 0 aromatic heterocycles. The van der Waals surface area contributed by atoms with E-state index in [1.165, 1.54) is 0 Å². The summed E-state index contributed by atoms with van der Waals surface area (Å²) in [5, 5.41) is 15.5. The average molecular weight is 364 g/mol. The van der Waals surface area contributed by atoms with Crippen LogP contribution in [0.4, 0.5) is 5.69 Å². The number of nitrogens with one attached hydrogen (secondary N) is 2. The first-order valence-corrected chi connectivity index (χ1v) is 9.28. The number of amides is 1. The maximum absolute atomic E-state index is 12.6. The molecule has 1 fully saturated rings. The summed E-state index contributed by atoms with van der Waals surface area (Å²) in [5.74, 6) is -0.382. The number of hydrogen-bond acceptors (Lipinski definition) is 5. The standard InChI is InChI=1S/C20H20N4OS/c21-14-16(15-24-12-10-22-11-13-24)20(25)23-18-8-4-5-9-19(18)26-17-6-2-1-3-7-17/h1-9,15,22H,10-13H2,(H,23,25)/b16-15-. The van der Waals surface area contributed by atoms with Crippen LogP contribution in [0, 0.1) is 11.3 Å². The number of benzene rings is 2. The van der Waals surface area contributed by atoms with Gasteiger partial charge in [0, 0.05) is 42.2 Å². The maximum Gasteiger partial charge on any atom is 0.267 e. The summed E-state index contributed by atoms with van der Waals surface area (Å²) in [6.45, 7) is 3.29. The van der Waals surface area contributed by atoms with Gasteiger partial charge in [0.05, 0.1) is 5.69 Å². The van der Waals surface area contributed by atoms with Gasteiger partial charge in [-0.15, -0.1) is 0 Å². The third kappa shape index (κ3) is 4.88. The Morgan fingerprint density at radius 2 is 1.81 bits per heavy atom. The molecule has 0 bridgehead atoms. The molecule has 0 radical (unpaired) electrons. The Hall–Kier alpha value is -2.75. The number of para-hydroxylation sites is 1. The third-order valence-electron chi connectivity index (χ3n) is 3.93.